The third kappa shape index (κ3) is 6.55. The number of carbonyl (C=O) groups is 2. The number of fused-ring (bicyclic) bond motifs is 6. The second-order valence-corrected chi connectivity index (χ2v) is 10.5. The topological polar surface area (TPSA) is 112 Å². The highest BCUT2D eigenvalue weighted by molar-refractivity contribution is 6.32. The molecule has 0 saturated carbocycles. The van der Waals surface area contributed by atoms with Crippen molar-refractivity contribution in [3.8, 4) is 5.75 Å². The zero-order valence-corrected chi connectivity index (χ0v) is 23.6. The third-order valence-corrected chi connectivity index (χ3v) is 7.51. The van der Waals surface area contributed by atoms with Crippen molar-refractivity contribution in [3.05, 3.63) is 95.1 Å². The van der Waals surface area contributed by atoms with Crippen LogP contribution in [0.15, 0.2) is 79.0 Å². The van der Waals surface area contributed by atoms with Gasteiger partial charge in [-0.2, -0.15) is 4.98 Å². The summed E-state index contributed by atoms with van der Waals surface area (Å²) in [5.41, 5.74) is 4.52. The summed E-state index contributed by atoms with van der Waals surface area (Å²) in [7, 11) is 0. The van der Waals surface area contributed by atoms with Crippen molar-refractivity contribution in [1.82, 2.24) is 19.8 Å². The normalized spacial score (nSPS) is 14.3. The van der Waals surface area contributed by atoms with Crippen molar-refractivity contribution < 1.29 is 14.3 Å². The molecular weight excluding hydrogens is 554 g/mol. The lowest BCUT2D eigenvalue weighted by atomic mass is 10.0. The molecule has 1 saturated heterocycles. The number of ether oxygens (including phenoxy) is 1. The van der Waals surface area contributed by atoms with Crippen LogP contribution in [0.4, 0.5) is 33.6 Å². The van der Waals surface area contributed by atoms with Gasteiger partial charge in [0.2, 0.25) is 5.95 Å². The minimum atomic E-state index is -0.168. The number of anilines is 5. The first-order valence-corrected chi connectivity index (χ1v) is 14.2. The summed E-state index contributed by atoms with van der Waals surface area (Å²) in [4.78, 5) is 37.9. The van der Waals surface area contributed by atoms with Crippen LogP contribution in [0.2, 0.25) is 5.02 Å². The number of nitrogens with zero attached hydrogens (tertiary/aromatic N) is 4. The van der Waals surface area contributed by atoms with Gasteiger partial charge >= 0.3 is 6.03 Å². The first kappa shape index (κ1) is 27.3. The molecule has 1 aromatic heterocycles. The SMILES string of the molecule is O=C(COc1ccc2cc1CCc1cccc(c1)Nc1ncc(Cl)c(n1)N2)N1CCN(C(=O)Nc2ccccc2)CC1. The van der Waals surface area contributed by atoms with Gasteiger partial charge in [-0.25, -0.2) is 9.78 Å². The van der Waals surface area contributed by atoms with E-state index in [1.807, 2.05) is 60.7 Å². The molecule has 2 aliphatic heterocycles. The van der Waals surface area contributed by atoms with Crippen LogP contribution in [-0.2, 0) is 17.6 Å². The predicted molar refractivity (Wildman–Crippen MR) is 163 cm³/mol. The zero-order chi connectivity index (χ0) is 28.9. The summed E-state index contributed by atoms with van der Waals surface area (Å²) in [6, 6.07) is 23.0. The van der Waals surface area contributed by atoms with Gasteiger partial charge in [-0.1, -0.05) is 41.9 Å². The molecule has 2 aliphatic rings. The van der Waals surface area contributed by atoms with Gasteiger partial charge in [-0.3, -0.25) is 4.79 Å². The number of urea groups is 1. The lowest BCUT2D eigenvalue weighted by molar-refractivity contribution is -0.134. The maximum Gasteiger partial charge on any atom is 0.321 e. The fourth-order valence-corrected chi connectivity index (χ4v) is 5.11. The first-order chi connectivity index (χ1) is 20.5. The van der Waals surface area contributed by atoms with Gasteiger partial charge in [0.15, 0.2) is 12.4 Å². The minimum Gasteiger partial charge on any atom is -0.483 e. The predicted octanol–water partition coefficient (Wildman–Crippen LogP) is 5.47. The van der Waals surface area contributed by atoms with Crippen LogP contribution in [0.1, 0.15) is 11.1 Å². The van der Waals surface area contributed by atoms with Gasteiger partial charge in [0.05, 0.1) is 6.20 Å². The molecule has 1 fully saturated rings. The molecule has 0 spiro atoms. The van der Waals surface area contributed by atoms with E-state index in [1.54, 1.807) is 16.0 Å². The molecule has 0 aliphatic carbocycles. The molecule has 0 radical (unpaired) electrons. The van der Waals surface area contributed by atoms with Crippen LogP contribution in [0.25, 0.3) is 0 Å². The average Bonchev–Trinajstić information content (AvgIpc) is 3.02. The summed E-state index contributed by atoms with van der Waals surface area (Å²) >= 11 is 6.38. The first-order valence-electron chi connectivity index (χ1n) is 13.8. The molecule has 6 rings (SSSR count). The fourth-order valence-electron chi connectivity index (χ4n) is 4.97. The van der Waals surface area contributed by atoms with Crippen LogP contribution >= 0.6 is 11.6 Å². The maximum absolute atomic E-state index is 13.1. The highest BCUT2D eigenvalue weighted by atomic mass is 35.5. The van der Waals surface area contributed by atoms with E-state index in [2.05, 4.69) is 38.1 Å². The average molecular weight is 584 g/mol. The number of para-hydroxylation sites is 1. The maximum atomic E-state index is 13.1. The number of hydrogen-bond acceptors (Lipinski definition) is 7. The second kappa shape index (κ2) is 12.4. The number of aromatic nitrogens is 2. The van der Waals surface area contributed by atoms with Crippen molar-refractivity contribution in [3.63, 3.8) is 0 Å². The number of aryl methyl sites for hydroxylation is 2. The van der Waals surface area contributed by atoms with E-state index >= 15 is 0 Å². The molecule has 11 heteroatoms. The lowest BCUT2D eigenvalue weighted by Gasteiger charge is -2.34. The smallest absolute Gasteiger partial charge is 0.321 e. The summed E-state index contributed by atoms with van der Waals surface area (Å²) in [5.74, 6) is 1.45. The Morgan fingerprint density at radius 3 is 2.50 bits per heavy atom. The van der Waals surface area contributed by atoms with Gasteiger partial charge in [0.25, 0.3) is 5.91 Å². The number of piperazine rings is 1. The number of benzene rings is 3. The van der Waals surface area contributed by atoms with Crippen LogP contribution in [0, 0.1) is 0 Å². The number of rotatable bonds is 4. The zero-order valence-electron chi connectivity index (χ0n) is 22.8. The van der Waals surface area contributed by atoms with Gasteiger partial charge in [-0.15, -0.1) is 0 Å². The Hall–Kier alpha value is -4.83. The Kier molecular flexibility index (Phi) is 8.05. The summed E-state index contributed by atoms with van der Waals surface area (Å²) in [6.07, 6.45) is 3.03. The Morgan fingerprint density at radius 2 is 1.67 bits per heavy atom. The van der Waals surface area contributed by atoms with Crippen molar-refractivity contribution in [2.45, 2.75) is 12.8 Å². The molecule has 4 aromatic rings. The Bertz CT molecular complexity index is 1590. The quantitative estimate of drug-likeness (QED) is 0.292. The van der Waals surface area contributed by atoms with Crippen molar-refractivity contribution in [2.75, 3.05) is 48.7 Å². The molecule has 0 unspecified atom stereocenters. The van der Waals surface area contributed by atoms with E-state index in [0.717, 1.165) is 34.6 Å². The van der Waals surface area contributed by atoms with Crippen molar-refractivity contribution in [1.29, 1.82) is 0 Å². The van der Waals surface area contributed by atoms with E-state index in [4.69, 9.17) is 16.3 Å². The largest absolute Gasteiger partial charge is 0.483 e. The fraction of sp³-hybridized carbons (Fsp3) is 0.226. The van der Waals surface area contributed by atoms with Crippen molar-refractivity contribution >= 4 is 52.4 Å². The van der Waals surface area contributed by atoms with Crippen LogP contribution in [-0.4, -0.2) is 64.5 Å². The molecule has 3 amide bonds. The minimum absolute atomic E-state index is 0.0868. The molecule has 0 atom stereocenters. The molecule has 214 valence electrons. The molecular formula is C31H30ClN7O3. The standard InChI is InChI=1S/C31H30ClN7O3/c32-26-19-33-30-35-24-8-4-5-21(17-24)9-10-22-18-25(34-29(26)37-30)11-12-27(22)42-20-28(40)38-13-15-39(16-14-38)31(41)36-23-6-2-1-3-7-23/h1-8,11-12,17-19H,9-10,13-16,20H2,(H,36,41)(H2,33,34,35,37). The Balaban J connectivity index is 1.11. The van der Waals surface area contributed by atoms with Gasteiger partial charge in [0, 0.05) is 43.2 Å². The number of nitrogens with one attached hydrogen (secondary N) is 3. The van der Waals surface area contributed by atoms with Crippen LogP contribution in [0.5, 0.6) is 5.75 Å². The van der Waals surface area contributed by atoms with Crippen LogP contribution < -0.4 is 20.7 Å². The van der Waals surface area contributed by atoms with Gasteiger partial charge in [0.1, 0.15) is 10.8 Å². The molecule has 42 heavy (non-hydrogen) atoms. The van der Waals surface area contributed by atoms with Crippen LogP contribution in [0.3, 0.4) is 0 Å². The van der Waals surface area contributed by atoms with E-state index in [0.29, 0.717) is 55.1 Å². The highest BCUT2D eigenvalue weighted by Gasteiger charge is 2.25. The number of halogens is 1. The summed E-state index contributed by atoms with van der Waals surface area (Å²) in [5, 5.41) is 9.81. The van der Waals surface area contributed by atoms with E-state index in [-0.39, 0.29) is 18.5 Å². The molecule has 3 aromatic carbocycles. The van der Waals surface area contributed by atoms with E-state index < -0.39 is 0 Å². The van der Waals surface area contributed by atoms with E-state index in [1.165, 1.54) is 0 Å². The van der Waals surface area contributed by atoms with Gasteiger partial charge < -0.3 is 30.5 Å². The third-order valence-electron chi connectivity index (χ3n) is 7.23. The van der Waals surface area contributed by atoms with Crippen molar-refractivity contribution in [2.24, 2.45) is 0 Å². The number of amides is 3. The second-order valence-electron chi connectivity index (χ2n) is 10.1. The molecule has 3 N–H and O–H groups in total. The monoisotopic (exact) mass is 583 g/mol. The molecule has 10 nitrogen and oxygen atoms in total. The lowest BCUT2D eigenvalue weighted by Crippen LogP contribution is -2.52. The summed E-state index contributed by atoms with van der Waals surface area (Å²) < 4.78 is 6.08. The number of hydrogen-bond donors (Lipinski definition) is 3. The summed E-state index contributed by atoms with van der Waals surface area (Å²) in [6.45, 7) is 1.73. The Labute approximate surface area is 248 Å². The van der Waals surface area contributed by atoms with Gasteiger partial charge in [-0.05, 0) is 66.4 Å². The molecule has 3 heterocycles. The van der Waals surface area contributed by atoms with E-state index in [9.17, 15) is 9.59 Å². The molecule has 6 bridgehead atoms. The highest BCUT2D eigenvalue weighted by Crippen LogP contribution is 2.30. The Morgan fingerprint density at radius 1 is 0.881 bits per heavy atom. The number of carbonyl (C=O) groups excluding carboxylic acids is 2.